The lowest BCUT2D eigenvalue weighted by Gasteiger charge is -2.15. The van der Waals surface area contributed by atoms with Gasteiger partial charge in [0.25, 0.3) is 0 Å². The van der Waals surface area contributed by atoms with Crippen molar-refractivity contribution in [1.82, 2.24) is 0 Å². The van der Waals surface area contributed by atoms with Gasteiger partial charge in [-0.15, -0.1) is 0 Å². The normalized spacial score (nSPS) is 14.6. The number of hydrogen-bond donors (Lipinski definition) is 1. The van der Waals surface area contributed by atoms with Crippen LogP contribution in [0, 0.1) is 5.92 Å². The lowest BCUT2D eigenvalue weighted by Crippen LogP contribution is -2.09. The quantitative estimate of drug-likeness (QED) is 0.569. The van der Waals surface area contributed by atoms with Crippen LogP contribution >= 0.6 is 0 Å². The van der Waals surface area contributed by atoms with Crippen LogP contribution in [0.4, 0.5) is 0 Å². The van der Waals surface area contributed by atoms with Crippen molar-refractivity contribution in [2.24, 2.45) is 11.7 Å². The maximum atomic E-state index is 5.70. The molecule has 2 rings (SSSR count). The standard InChI is InChI=1S/C14H21NO3/c1-2-17-13-5-3-4-12(8-15)14(13)18-10-16-9-11-6-7-11/h3-5,11H,2,6-10,15H2,1H3. The van der Waals surface area contributed by atoms with E-state index in [-0.39, 0.29) is 6.79 Å². The molecule has 1 saturated carbocycles. The third kappa shape index (κ3) is 3.62. The maximum Gasteiger partial charge on any atom is 0.189 e. The topological polar surface area (TPSA) is 53.7 Å². The molecule has 4 nitrogen and oxygen atoms in total. The zero-order valence-corrected chi connectivity index (χ0v) is 10.9. The second kappa shape index (κ2) is 6.61. The first kappa shape index (κ1) is 13.2. The summed E-state index contributed by atoms with van der Waals surface area (Å²) in [7, 11) is 0. The molecular formula is C14H21NO3. The zero-order valence-electron chi connectivity index (χ0n) is 10.9. The minimum absolute atomic E-state index is 0.258. The summed E-state index contributed by atoms with van der Waals surface area (Å²) in [6.07, 6.45) is 2.56. The van der Waals surface area contributed by atoms with Gasteiger partial charge < -0.3 is 19.9 Å². The van der Waals surface area contributed by atoms with E-state index in [1.54, 1.807) is 0 Å². The highest BCUT2D eigenvalue weighted by Crippen LogP contribution is 2.32. The van der Waals surface area contributed by atoms with Crippen molar-refractivity contribution in [3.8, 4) is 11.5 Å². The van der Waals surface area contributed by atoms with Gasteiger partial charge in [0.15, 0.2) is 18.3 Å². The summed E-state index contributed by atoms with van der Waals surface area (Å²) >= 11 is 0. The molecule has 0 saturated heterocycles. The average Bonchev–Trinajstić information content (AvgIpc) is 3.20. The summed E-state index contributed by atoms with van der Waals surface area (Å²) in [5.41, 5.74) is 6.64. The summed E-state index contributed by atoms with van der Waals surface area (Å²) in [6.45, 7) is 4.02. The summed E-state index contributed by atoms with van der Waals surface area (Å²) in [4.78, 5) is 0. The average molecular weight is 251 g/mol. The van der Waals surface area contributed by atoms with Crippen molar-refractivity contribution in [2.75, 3.05) is 20.0 Å². The second-order valence-corrected chi connectivity index (χ2v) is 4.46. The van der Waals surface area contributed by atoms with E-state index >= 15 is 0 Å². The Hall–Kier alpha value is -1.26. The van der Waals surface area contributed by atoms with E-state index in [0.29, 0.717) is 18.9 Å². The van der Waals surface area contributed by atoms with Gasteiger partial charge in [0, 0.05) is 12.1 Å². The molecule has 1 aliphatic rings. The Kier molecular flexibility index (Phi) is 4.84. The molecule has 1 aromatic carbocycles. The van der Waals surface area contributed by atoms with Crippen molar-refractivity contribution >= 4 is 0 Å². The van der Waals surface area contributed by atoms with Crippen LogP contribution in [0.1, 0.15) is 25.3 Å². The van der Waals surface area contributed by atoms with Crippen LogP contribution < -0.4 is 15.2 Å². The third-order valence-corrected chi connectivity index (χ3v) is 2.92. The van der Waals surface area contributed by atoms with E-state index in [1.807, 2.05) is 25.1 Å². The number of hydrogen-bond acceptors (Lipinski definition) is 4. The van der Waals surface area contributed by atoms with Crippen LogP contribution in [0.25, 0.3) is 0 Å². The molecule has 100 valence electrons. The molecule has 18 heavy (non-hydrogen) atoms. The lowest BCUT2D eigenvalue weighted by atomic mass is 10.2. The predicted molar refractivity (Wildman–Crippen MR) is 69.7 cm³/mol. The largest absolute Gasteiger partial charge is 0.490 e. The van der Waals surface area contributed by atoms with E-state index in [1.165, 1.54) is 12.8 Å². The van der Waals surface area contributed by atoms with Crippen LogP contribution in [-0.4, -0.2) is 20.0 Å². The first-order chi connectivity index (χ1) is 8.85. The summed E-state index contributed by atoms with van der Waals surface area (Å²) < 4.78 is 16.7. The van der Waals surface area contributed by atoms with Crippen molar-refractivity contribution in [3.63, 3.8) is 0 Å². The Balaban J connectivity index is 1.93. The van der Waals surface area contributed by atoms with Crippen molar-refractivity contribution < 1.29 is 14.2 Å². The lowest BCUT2D eigenvalue weighted by molar-refractivity contribution is 0.00787. The number of ether oxygens (including phenoxy) is 3. The van der Waals surface area contributed by atoms with Gasteiger partial charge in [-0.1, -0.05) is 12.1 Å². The van der Waals surface area contributed by atoms with E-state index in [0.717, 1.165) is 23.8 Å². The van der Waals surface area contributed by atoms with Crippen LogP contribution in [0.2, 0.25) is 0 Å². The summed E-state index contributed by atoms with van der Waals surface area (Å²) in [5, 5.41) is 0. The molecule has 0 heterocycles. The van der Waals surface area contributed by atoms with E-state index in [9.17, 15) is 0 Å². The SMILES string of the molecule is CCOc1cccc(CN)c1OCOCC1CC1. The fourth-order valence-corrected chi connectivity index (χ4v) is 1.75. The van der Waals surface area contributed by atoms with Crippen molar-refractivity contribution in [3.05, 3.63) is 23.8 Å². The molecule has 0 amide bonds. The van der Waals surface area contributed by atoms with Gasteiger partial charge in [-0.05, 0) is 31.7 Å². The van der Waals surface area contributed by atoms with E-state index < -0.39 is 0 Å². The Morgan fingerprint density at radius 2 is 2.11 bits per heavy atom. The minimum Gasteiger partial charge on any atom is -0.490 e. The van der Waals surface area contributed by atoms with Gasteiger partial charge in [-0.25, -0.2) is 0 Å². The van der Waals surface area contributed by atoms with Crippen molar-refractivity contribution in [1.29, 1.82) is 0 Å². The smallest absolute Gasteiger partial charge is 0.189 e. The van der Waals surface area contributed by atoms with Gasteiger partial charge in [0.1, 0.15) is 0 Å². The number of nitrogens with two attached hydrogens (primary N) is 1. The highest BCUT2D eigenvalue weighted by molar-refractivity contribution is 5.46. The van der Waals surface area contributed by atoms with E-state index in [4.69, 9.17) is 19.9 Å². The Morgan fingerprint density at radius 1 is 1.28 bits per heavy atom. The molecule has 0 bridgehead atoms. The first-order valence-corrected chi connectivity index (χ1v) is 6.50. The molecule has 0 spiro atoms. The molecular weight excluding hydrogens is 230 g/mol. The highest BCUT2D eigenvalue weighted by atomic mass is 16.7. The fourth-order valence-electron chi connectivity index (χ4n) is 1.75. The van der Waals surface area contributed by atoms with Gasteiger partial charge in [0.05, 0.1) is 13.2 Å². The monoisotopic (exact) mass is 251 g/mol. The second-order valence-electron chi connectivity index (χ2n) is 4.46. The first-order valence-electron chi connectivity index (χ1n) is 6.50. The van der Waals surface area contributed by atoms with Crippen LogP contribution in [0.15, 0.2) is 18.2 Å². The summed E-state index contributed by atoms with van der Waals surface area (Å²) in [6, 6.07) is 5.75. The fraction of sp³-hybridized carbons (Fsp3) is 0.571. The number of benzene rings is 1. The molecule has 1 fully saturated rings. The van der Waals surface area contributed by atoms with E-state index in [2.05, 4.69) is 0 Å². The molecule has 0 radical (unpaired) electrons. The van der Waals surface area contributed by atoms with Crippen LogP contribution in [-0.2, 0) is 11.3 Å². The molecule has 0 unspecified atom stereocenters. The number of para-hydroxylation sites is 1. The van der Waals surface area contributed by atoms with Gasteiger partial charge in [-0.3, -0.25) is 0 Å². The van der Waals surface area contributed by atoms with Crippen LogP contribution in [0.5, 0.6) is 11.5 Å². The molecule has 0 atom stereocenters. The van der Waals surface area contributed by atoms with Crippen molar-refractivity contribution in [2.45, 2.75) is 26.3 Å². The molecule has 4 heteroatoms. The Bertz CT molecular complexity index is 377. The molecule has 2 N–H and O–H groups in total. The highest BCUT2D eigenvalue weighted by Gasteiger charge is 2.21. The summed E-state index contributed by atoms with van der Waals surface area (Å²) in [5.74, 6) is 2.18. The maximum absolute atomic E-state index is 5.70. The third-order valence-electron chi connectivity index (χ3n) is 2.92. The Morgan fingerprint density at radius 3 is 2.78 bits per heavy atom. The molecule has 0 aliphatic heterocycles. The van der Waals surface area contributed by atoms with Gasteiger partial charge in [0.2, 0.25) is 0 Å². The molecule has 0 aromatic heterocycles. The predicted octanol–water partition coefficient (Wildman–Crippen LogP) is 2.31. The minimum atomic E-state index is 0.258. The number of rotatable bonds is 8. The van der Waals surface area contributed by atoms with Gasteiger partial charge in [-0.2, -0.15) is 0 Å². The molecule has 1 aromatic rings. The molecule has 1 aliphatic carbocycles. The zero-order chi connectivity index (χ0) is 12.8. The Labute approximate surface area is 108 Å². The van der Waals surface area contributed by atoms with Gasteiger partial charge >= 0.3 is 0 Å². The van der Waals surface area contributed by atoms with Crippen LogP contribution in [0.3, 0.4) is 0 Å².